The molecule has 160 valence electrons. The van der Waals surface area contributed by atoms with Crippen LogP contribution in [-0.4, -0.2) is 85.3 Å². The topological polar surface area (TPSA) is 132 Å². The summed E-state index contributed by atoms with van der Waals surface area (Å²) in [6.07, 6.45) is 2.29. The Bertz CT molecular complexity index is 497. The first-order valence-electron chi connectivity index (χ1n) is 9.44. The van der Waals surface area contributed by atoms with E-state index in [1.165, 1.54) is 12.2 Å². The second-order valence-corrected chi connectivity index (χ2v) is 7.01. The Labute approximate surface area is 166 Å². The van der Waals surface area contributed by atoms with Crippen LogP contribution < -0.4 is 5.73 Å². The van der Waals surface area contributed by atoms with Gasteiger partial charge >= 0.3 is 0 Å². The van der Waals surface area contributed by atoms with Crippen molar-refractivity contribution in [1.82, 2.24) is 4.90 Å². The molecular weight excluding hydrogens is 368 g/mol. The van der Waals surface area contributed by atoms with Gasteiger partial charge in [-0.2, -0.15) is 0 Å². The summed E-state index contributed by atoms with van der Waals surface area (Å²) in [6.45, 7) is 3.55. The second kappa shape index (κ2) is 13.0. The van der Waals surface area contributed by atoms with Crippen LogP contribution in [0.1, 0.15) is 26.2 Å². The summed E-state index contributed by atoms with van der Waals surface area (Å²) < 4.78 is 16.1. The van der Waals surface area contributed by atoms with Crippen LogP contribution in [-0.2, 0) is 23.8 Å². The molecule has 0 saturated carbocycles. The van der Waals surface area contributed by atoms with Gasteiger partial charge in [-0.1, -0.05) is 6.92 Å². The first kappa shape index (κ1) is 24.7. The van der Waals surface area contributed by atoms with E-state index in [0.29, 0.717) is 32.7 Å². The third-order valence-corrected chi connectivity index (χ3v) is 4.71. The summed E-state index contributed by atoms with van der Waals surface area (Å²) in [7, 11) is 5.25. The number of rotatable bonds is 16. The number of hydrogen-bond donors (Lipinski definition) is 3. The maximum Gasteiger partial charge on any atom is 0.253 e. The molecule has 3 atom stereocenters. The van der Waals surface area contributed by atoms with Gasteiger partial charge in [-0.15, -0.1) is 0 Å². The van der Waals surface area contributed by atoms with E-state index in [1.54, 1.807) is 0 Å². The van der Waals surface area contributed by atoms with Gasteiger partial charge in [0.05, 0.1) is 38.6 Å². The number of hydrogen-bond acceptors (Lipinski definition) is 8. The molecule has 9 nitrogen and oxygen atoms in total. The molecule has 28 heavy (non-hydrogen) atoms. The van der Waals surface area contributed by atoms with Crippen molar-refractivity contribution in [2.45, 2.75) is 38.4 Å². The molecule has 0 saturated heterocycles. The van der Waals surface area contributed by atoms with Gasteiger partial charge in [-0.3, -0.25) is 14.5 Å². The van der Waals surface area contributed by atoms with Crippen LogP contribution in [0.25, 0.3) is 0 Å². The van der Waals surface area contributed by atoms with Gasteiger partial charge in [0, 0.05) is 37.3 Å². The molecule has 1 rings (SSSR count). The fourth-order valence-corrected chi connectivity index (χ4v) is 2.66. The fraction of sp³-hybridized carbons (Fsp3) is 0.737. The van der Waals surface area contributed by atoms with Crippen molar-refractivity contribution in [3.8, 4) is 0 Å². The van der Waals surface area contributed by atoms with Gasteiger partial charge in [0.2, 0.25) is 0 Å². The molecule has 1 heterocycles. The van der Waals surface area contributed by atoms with Crippen LogP contribution in [0.5, 0.6) is 0 Å². The molecule has 1 aliphatic rings. The third kappa shape index (κ3) is 8.34. The van der Waals surface area contributed by atoms with Crippen LogP contribution >= 0.6 is 0 Å². The van der Waals surface area contributed by atoms with Crippen LogP contribution in [0, 0.1) is 12.5 Å². The molecule has 0 aromatic carbocycles. The lowest BCUT2D eigenvalue weighted by Gasteiger charge is -2.31. The Morgan fingerprint density at radius 1 is 1.07 bits per heavy atom. The van der Waals surface area contributed by atoms with Gasteiger partial charge in [-0.25, -0.2) is 0 Å². The summed E-state index contributed by atoms with van der Waals surface area (Å²) in [5.74, 6) is -0.848. The normalized spacial score (nSPS) is 18.5. The van der Waals surface area contributed by atoms with Crippen molar-refractivity contribution in [3.05, 3.63) is 19.3 Å². The van der Waals surface area contributed by atoms with Gasteiger partial charge in [0.15, 0.2) is 0 Å². The highest BCUT2D eigenvalue weighted by Crippen LogP contribution is 2.24. The minimum Gasteiger partial charge on any atom is -0.392 e. The highest BCUT2D eigenvalue weighted by atomic mass is 16.5. The van der Waals surface area contributed by atoms with Crippen LogP contribution in [0.2, 0.25) is 0 Å². The highest BCUT2D eigenvalue weighted by molar-refractivity contribution is 6.12. The molecule has 0 fully saturated rings. The average molecular weight is 400 g/mol. The van der Waals surface area contributed by atoms with Crippen molar-refractivity contribution < 1.29 is 34.0 Å². The fourth-order valence-electron chi connectivity index (χ4n) is 2.66. The van der Waals surface area contributed by atoms with Gasteiger partial charge < -0.3 is 30.2 Å². The average Bonchev–Trinajstić information content (AvgIpc) is 3.00. The third-order valence-electron chi connectivity index (χ3n) is 4.71. The van der Waals surface area contributed by atoms with E-state index < -0.39 is 29.4 Å². The highest BCUT2D eigenvalue weighted by Gasteiger charge is 2.30. The smallest absolute Gasteiger partial charge is 0.253 e. The summed E-state index contributed by atoms with van der Waals surface area (Å²) >= 11 is 0. The monoisotopic (exact) mass is 400 g/mol. The SMILES string of the molecule is [CH]OCC(CC)(COCCC(O)CN)COCCC(O)CN1C(=O)C=CC1=O. The molecule has 0 aromatic rings. The second-order valence-electron chi connectivity index (χ2n) is 7.01. The van der Waals surface area contributed by atoms with Crippen molar-refractivity contribution in [2.24, 2.45) is 11.1 Å². The van der Waals surface area contributed by atoms with Crippen molar-refractivity contribution in [3.63, 3.8) is 0 Å². The molecule has 3 unspecified atom stereocenters. The maximum atomic E-state index is 11.5. The number of nitrogens with two attached hydrogens (primary N) is 1. The van der Waals surface area contributed by atoms with E-state index in [4.69, 9.17) is 27.1 Å². The molecule has 0 aliphatic carbocycles. The Hall–Kier alpha value is -1.36. The van der Waals surface area contributed by atoms with E-state index in [0.717, 1.165) is 4.90 Å². The standard InChI is InChI=1S/C19H32N2O7/c1-3-19(12-26-2,13-27-8-6-15(22)10-20)14-28-9-7-16(23)11-21-17(24)4-5-18(21)25/h2,4-5,15-16,22-23H,3,6-14,20H2,1H3. The Morgan fingerprint density at radius 2 is 1.61 bits per heavy atom. The van der Waals surface area contributed by atoms with Crippen molar-refractivity contribution >= 4 is 11.8 Å². The number of nitrogens with zero attached hydrogens (tertiary/aromatic N) is 1. The predicted molar refractivity (Wildman–Crippen MR) is 101 cm³/mol. The van der Waals surface area contributed by atoms with E-state index in [-0.39, 0.29) is 32.7 Å². The van der Waals surface area contributed by atoms with E-state index in [1.807, 2.05) is 6.92 Å². The van der Waals surface area contributed by atoms with Gasteiger partial charge in [0.1, 0.15) is 7.11 Å². The number of carbonyl (C=O) groups excluding carboxylic acids is 2. The first-order valence-corrected chi connectivity index (χ1v) is 9.44. The number of carbonyl (C=O) groups is 2. The first-order chi connectivity index (χ1) is 13.4. The zero-order valence-electron chi connectivity index (χ0n) is 16.4. The van der Waals surface area contributed by atoms with Crippen LogP contribution in [0.15, 0.2) is 12.2 Å². The minimum absolute atomic E-state index is 0.0640. The number of imide groups is 1. The molecule has 0 bridgehead atoms. The lowest BCUT2D eigenvalue weighted by molar-refractivity contribution is -0.138. The van der Waals surface area contributed by atoms with Crippen LogP contribution in [0.4, 0.5) is 0 Å². The number of amides is 2. The Balaban J connectivity index is 2.35. The summed E-state index contributed by atoms with van der Waals surface area (Å²) in [5.41, 5.74) is 4.90. The summed E-state index contributed by atoms with van der Waals surface area (Å²) in [4.78, 5) is 24.0. The molecule has 4 N–H and O–H groups in total. The number of ether oxygens (including phenoxy) is 3. The summed E-state index contributed by atoms with van der Waals surface area (Å²) in [6, 6.07) is 0. The van der Waals surface area contributed by atoms with E-state index in [2.05, 4.69) is 0 Å². The Kier molecular flexibility index (Phi) is 11.4. The molecule has 2 amide bonds. The molecule has 0 spiro atoms. The zero-order valence-corrected chi connectivity index (χ0v) is 16.4. The lowest BCUT2D eigenvalue weighted by Crippen LogP contribution is -2.38. The van der Waals surface area contributed by atoms with Crippen LogP contribution in [0.3, 0.4) is 0 Å². The minimum atomic E-state index is -0.872. The van der Waals surface area contributed by atoms with Gasteiger partial charge in [-0.05, 0) is 19.3 Å². The number of aliphatic hydroxyl groups is 2. The number of β-amino-alcohol motifs (C(OH)–C–C–N with tert-alkyl or cyclic N) is 1. The molecule has 1 aliphatic heterocycles. The maximum absolute atomic E-state index is 11.5. The van der Waals surface area contributed by atoms with Gasteiger partial charge in [0.25, 0.3) is 11.8 Å². The lowest BCUT2D eigenvalue weighted by atomic mass is 9.88. The van der Waals surface area contributed by atoms with Crippen molar-refractivity contribution in [1.29, 1.82) is 0 Å². The van der Waals surface area contributed by atoms with E-state index in [9.17, 15) is 19.8 Å². The molecule has 2 radical (unpaired) electrons. The quantitative estimate of drug-likeness (QED) is 0.233. The summed E-state index contributed by atoms with van der Waals surface area (Å²) in [5, 5.41) is 19.5. The van der Waals surface area contributed by atoms with Crippen molar-refractivity contribution in [2.75, 3.05) is 46.1 Å². The largest absolute Gasteiger partial charge is 0.392 e. The Morgan fingerprint density at radius 3 is 2.07 bits per heavy atom. The molecule has 0 aromatic heterocycles. The molecule has 9 heteroatoms. The zero-order chi connectivity index (χ0) is 21.0. The predicted octanol–water partition coefficient (Wildman–Crippen LogP) is -0.513. The number of aliphatic hydroxyl groups excluding tert-OH is 2. The molecular formula is C19H32N2O7. The van der Waals surface area contributed by atoms with E-state index >= 15 is 0 Å².